The minimum atomic E-state index is -0.215. The Kier molecular flexibility index (Phi) is 4.08. The topological polar surface area (TPSA) is 65.4 Å². The lowest BCUT2D eigenvalue weighted by Crippen LogP contribution is -2.25. The molecule has 2 heterocycles. The standard InChI is InChI=1S/C20H19N3O3/c1-23-19-15-8-3-4-9-17(15)26-12-16(19)18(22-23)20(24)21-11-13-6-5-7-14(10-13)25-2/h3-10H,11-12H2,1-2H3,(H,21,24). The number of carbonyl (C=O) groups is 1. The van der Waals surface area contributed by atoms with E-state index in [0.717, 1.165) is 33.9 Å². The van der Waals surface area contributed by atoms with Crippen LogP contribution in [0, 0.1) is 0 Å². The predicted molar refractivity (Wildman–Crippen MR) is 97.1 cm³/mol. The third kappa shape index (κ3) is 2.79. The zero-order valence-corrected chi connectivity index (χ0v) is 14.7. The van der Waals surface area contributed by atoms with Crippen molar-refractivity contribution in [3.8, 4) is 22.8 Å². The van der Waals surface area contributed by atoms with Gasteiger partial charge in [-0.1, -0.05) is 24.3 Å². The van der Waals surface area contributed by atoms with Crippen molar-refractivity contribution in [1.82, 2.24) is 15.1 Å². The van der Waals surface area contributed by atoms with Crippen LogP contribution in [0.2, 0.25) is 0 Å². The molecule has 26 heavy (non-hydrogen) atoms. The Hall–Kier alpha value is -3.28. The first-order valence-corrected chi connectivity index (χ1v) is 8.36. The highest BCUT2D eigenvalue weighted by Crippen LogP contribution is 2.38. The lowest BCUT2D eigenvalue weighted by atomic mass is 10.0. The van der Waals surface area contributed by atoms with Crippen LogP contribution < -0.4 is 14.8 Å². The Balaban J connectivity index is 1.58. The minimum Gasteiger partial charge on any atom is -0.497 e. The third-order valence-corrected chi connectivity index (χ3v) is 4.46. The van der Waals surface area contributed by atoms with Gasteiger partial charge < -0.3 is 14.8 Å². The van der Waals surface area contributed by atoms with Crippen molar-refractivity contribution in [1.29, 1.82) is 0 Å². The molecule has 1 amide bonds. The molecule has 0 atom stereocenters. The molecule has 6 nitrogen and oxygen atoms in total. The van der Waals surface area contributed by atoms with E-state index >= 15 is 0 Å². The van der Waals surface area contributed by atoms with Gasteiger partial charge in [0.25, 0.3) is 5.91 Å². The van der Waals surface area contributed by atoms with E-state index in [1.165, 1.54) is 0 Å². The number of para-hydroxylation sites is 1. The molecule has 0 fully saturated rings. The largest absolute Gasteiger partial charge is 0.497 e. The molecule has 1 N–H and O–H groups in total. The van der Waals surface area contributed by atoms with E-state index in [4.69, 9.17) is 9.47 Å². The Morgan fingerprint density at radius 1 is 1.27 bits per heavy atom. The third-order valence-electron chi connectivity index (χ3n) is 4.46. The number of carbonyl (C=O) groups excluding carboxylic acids is 1. The highest BCUT2D eigenvalue weighted by Gasteiger charge is 2.27. The van der Waals surface area contributed by atoms with Crippen molar-refractivity contribution in [2.45, 2.75) is 13.2 Å². The molecule has 0 saturated heterocycles. The number of aromatic nitrogens is 2. The summed E-state index contributed by atoms with van der Waals surface area (Å²) in [4.78, 5) is 12.7. The number of amides is 1. The van der Waals surface area contributed by atoms with Crippen LogP contribution in [0.5, 0.6) is 11.5 Å². The highest BCUT2D eigenvalue weighted by atomic mass is 16.5. The summed E-state index contributed by atoms with van der Waals surface area (Å²) in [7, 11) is 3.47. The highest BCUT2D eigenvalue weighted by molar-refractivity contribution is 5.96. The van der Waals surface area contributed by atoms with Gasteiger partial charge in [0.1, 0.15) is 18.1 Å². The molecule has 0 saturated carbocycles. The number of nitrogens with zero attached hydrogens (tertiary/aromatic N) is 2. The average molecular weight is 349 g/mol. The second kappa shape index (κ2) is 6.55. The minimum absolute atomic E-state index is 0.215. The molecule has 0 spiro atoms. The van der Waals surface area contributed by atoms with Gasteiger partial charge in [0, 0.05) is 24.7 Å². The van der Waals surface area contributed by atoms with Gasteiger partial charge in [-0.3, -0.25) is 9.48 Å². The quantitative estimate of drug-likeness (QED) is 0.786. The van der Waals surface area contributed by atoms with Gasteiger partial charge in [-0.05, 0) is 29.8 Å². The number of fused-ring (bicyclic) bond motifs is 3. The first-order chi connectivity index (χ1) is 12.7. The van der Waals surface area contributed by atoms with Crippen molar-refractivity contribution in [3.05, 3.63) is 65.4 Å². The lowest BCUT2D eigenvalue weighted by Gasteiger charge is -2.18. The van der Waals surface area contributed by atoms with Gasteiger partial charge in [-0.25, -0.2) is 0 Å². The fourth-order valence-corrected chi connectivity index (χ4v) is 3.21. The summed E-state index contributed by atoms with van der Waals surface area (Å²) in [5, 5.41) is 7.37. The second-order valence-electron chi connectivity index (χ2n) is 6.12. The SMILES string of the molecule is COc1cccc(CNC(=O)c2nn(C)c3c2COc2ccccc2-3)c1. The maximum atomic E-state index is 12.7. The number of methoxy groups -OCH3 is 1. The molecule has 6 heteroatoms. The molecule has 0 radical (unpaired) electrons. The molecule has 1 aliphatic rings. The van der Waals surface area contributed by atoms with E-state index in [2.05, 4.69) is 10.4 Å². The van der Waals surface area contributed by atoms with Gasteiger partial charge in [-0.15, -0.1) is 0 Å². The number of hydrogen-bond acceptors (Lipinski definition) is 4. The second-order valence-corrected chi connectivity index (χ2v) is 6.12. The van der Waals surface area contributed by atoms with Crippen LogP contribution in [0.4, 0.5) is 0 Å². The van der Waals surface area contributed by atoms with Gasteiger partial charge in [0.15, 0.2) is 5.69 Å². The lowest BCUT2D eigenvalue weighted by molar-refractivity contribution is 0.0942. The van der Waals surface area contributed by atoms with E-state index < -0.39 is 0 Å². The first kappa shape index (κ1) is 16.2. The molecule has 3 aromatic rings. The molecule has 0 bridgehead atoms. The molecule has 0 unspecified atom stereocenters. The molecule has 2 aromatic carbocycles. The van der Waals surface area contributed by atoms with Crippen LogP contribution in [0.1, 0.15) is 21.6 Å². The zero-order chi connectivity index (χ0) is 18.1. The van der Waals surface area contributed by atoms with Crippen molar-refractivity contribution in [2.24, 2.45) is 7.05 Å². The molecular formula is C20H19N3O3. The van der Waals surface area contributed by atoms with Crippen LogP contribution >= 0.6 is 0 Å². The average Bonchev–Trinajstić information content (AvgIpc) is 3.03. The van der Waals surface area contributed by atoms with E-state index in [1.54, 1.807) is 11.8 Å². The maximum absolute atomic E-state index is 12.7. The van der Waals surface area contributed by atoms with Crippen LogP contribution in [-0.2, 0) is 20.2 Å². The van der Waals surface area contributed by atoms with Crippen LogP contribution in [0.15, 0.2) is 48.5 Å². The normalized spacial score (nSPS) is 11.9. The number of benzene rings is 2. The van der Waals surface area contributed by atoms with Gasteiger partial charge in [0.2, 0.25) is 0 Å². The fourth-order valence-electron chi connectivity index (χ4n) is 3.21. The summed E-state index contributed by atoms with van der Waals surface area (Å²) >= 11 is 0. The van der Waals surface area contributed by atoms with Crippen molar-refractivity contribution >= 4 is 5.91 Å². The van der Waals surface area contributed by atoms with Crippen molar-refractivity contribution < 1.29 is 14.3 Å². The van der Waals surface area contributed by atoms with Crippen molar-refractivity contribution in [2.75, 3.05) is 7.11 Å². The summed E-state index contributed by atoms with van der Waals surface area (Å²) < 4.78 is 12.8. The summed E-state index contributed by atoms with van der Waals surface area (Å²) in [6, 6.07) is 15.4. The number of aryl methyl sites for hydroxylation is 1. The monoisotopic (exact) mass is 349 g/mol. The van der Waals surface area contributed by atoms with Gasteiger partial charge >= 0.3 is 0 Å². The Morgan fingerprint density at radius 3 is 2.96 bits per heavy atom. The van der Waals surface area contributed by atoms with Gasteiger partial charge in [0.05, 0.1) is 12.8 Å². The fraction of sp³-hybridized carbons (Fsp3) is 0.200. The first-order valence-electron chi connectivity index (χ1n) is 8.36. The Bertz CT molecular complexity index is 978. The van der Waals surface area contributed by atoms with Crippen LogP contribution in [0.25, 0.3) is 11.3 Å². The van der Waals surface area contributed by atoms with Gasteiger partial charge in [-0.2, -0.15) is 5.10 Å². The molecule has 1 aliphatic heterocycles. The smallest absolute Gasteiger partial charge is 0.272 e. The molecular weight excluding hydrogens is 330 g/mol. The summed E-state index contributed by atoms with van der Waals surface area (Å²) in [6.07, 6.45) is 0. The van der Waals surface area contributed by atoms with E-state index in [1.807, 2.05) is 55.6 Å². The molecule has 132 valence electrons. The van der Waals surface area contributed by atoms with Crippen LogP contribution in [0.3, 0.4) is 0 Å². The maximum Gasteiger partial charge on any atom is 0.272 e. The van der Waals surface area contributed by atoms with Crippen LogP contribution in [-0.4, -0.2) is 22.8 Å². The predicted octanol–water partition coefficient (Wildman–Crippen LogP) is 2.92. The summed E-state index contributed by atoms with van der Waals surface area (Å²) in [5.41, 5.74) is 4.06. The molecule has 4 rings (SSSR count). The summed E-state index contributed by atoms with van der Waals surface area (Å²) in [5.74, 6) is 1.36. The number of rotatable bonds is 4. The number of ether oxygens (including phenoxy) is 2. The molecule has 1 aromatic heterocycles. The Labute approximate surface area is 151 Å². The Morgan fingerprint density at radius 2 is 2.12 bits per heavy atom. The molecule has 0 aliphatic carbocycles. The van der Waals surface area contributed by atoms with Crippen molar-refractivity contribution in [3.63, 3.8) is 0 Å². The van der Waals surface area contributed by atoms with E-state index in [9.17, 15) is 4.79 Å². The summed E-state index contributed by atoms with van der Waals surface area (Å²) in [6.45, 7) is 0.737. The van der Waals surface area contributed by atoms with E-state index in [0.29, 0.717) is 18.8 Å². The van der Waals surface area contributed by atoms with E-state index in [-0.39, 0.29) is 5.91 Å². The number of nitrogens with one attached hydrogen (secondary N) is 1. The number of hydrogen-bond donors (Lipinski definition) is 1. The zero-order valence-electron chi connectivity index (χ0n) is 14.7.